The van der Waals surface area contributed by atoms with Gasteiger partial charge in [-0.2, -0.15) is 0 Å². The van der Waals surface area contributed by atoms with Crippen LogP contribution in [0.4, 0.5) is 0 Å². The molecule has 2 N–H and O–H groups in total. The highest BCUT2D eigenvalue weighted by molar-refractivity contribution is 7.89. The van der Waals surface area contributed by atoms with Crippen molar-refractivity contribution in [2.75, 3.05) is 32.5 Å². The Bertz CT molecular complexity index is 1250. The van der Waals surface area contributed by atoms with Crippen LogP contribution in [0.1, 0.15) is 62.1 Å². The molecule has 9 nitrogen and oxygen atoms in total. The fourth-order valence-electron chi connectivity index (χ4n) is 6.10. The highest BCUT2D eigenvalue weighted by Gasteiger charge is 2.36. The van der Waals surface area contributed by atoms with Gasteiger partial charge in [0.05, 0.1) is 23.3 Å². The molecule has 204 valence electrons. The number of nitrogens with one attached hydrogen (secondary N) is 2. The number of amides is 2. The minimum atomic E-state index is -3.18. The number of hydrogen-bond acceptors (Lipinski definition) is 5. The summed E-state index contributed by atoms with van der Waals surface area (Å²) in [6, 6.07) is 8.03. The molecule has 2 fully saturated rings. The molecule has 0 aliphatic carbocycles. The minimum Gasteiger partial charge on any atom is -0.380 e. The number of carbonyl (C=O) groups is 2. The van der Waals surface area contributed by atoms with Crippen molar-refractivity contribution in [3.05, 3.63) is 35.5 Å². The zero-order chi connectivity index (χ0) is 26.9. The second kappa shape index (κ2) is 11.1. The van der Waals surface area contributed by atoms with E-state index >= 15 is 0 Å². The van der Waals surface area contributed by atoms with E-state index in [0.29, 0.717) is 31.0 Å². The minimum absolute atomic E-state index is 0.0417. The number of piperidine rings is 2. The van der Waals surface area contributed by atoms with Gasteiger partial charge in [-0.3, -0.25) is 9.59 Å². The van der Waals surface area contributed by atoms with E-state index in [1.54, 1.807) is 18.3 Å². The number of fused-ring (bicyclic) bond motifs is 1. The zero-order valence-corrected chi connectivity index (χ0v) is 23.3. The van der Waals surface area contributed by atoms with Crippen LogP contribution >= 0.6 is 0 Å². The standard InChI is InChI=1S/C27H40N4O5S/c1-6-37(34,35)30-13-11-20(12-14-30)18(3)31-19(4)25(21-9-7-8-10-23(21)31)27(33)28-16-22-24(36-5)15-17(2)29-26(22)32/h7-10,17-18,20,22,24H,6,11-16H2,1-5H3,(H,28,33)(H,29,32). The molecule has 10 heteroatoms. The molecule has 2 saturated heterocycles. The van der Waals surface area contributed by atoms with Gasteiger partial charge < -0.3 is 19.9 Å². The third-order valence-corrected chi connectivity index (χ3v) is 10.2. The smallest absolute Gasteiger partial charge is 0.253 e. The van der Waals surface area contributed by atoms with Crippen molar-refractivity contribution in [2.45, 2.75) is 65.1 Å². The van der Waals surface area contributed by atoms with Crippen molar-refractivity contribution < 1.29 is 22.7 Å². The monoisotopic (exact) mass is 532 g/mol. The molecule has 3 heterocycles. The van der Waals surface area contributed by atoms with E-state index in [9.17, 15) is 18.0 Å². The Kier molecular flexibility index (Phi) is 8.30. The molecule has 0 saturated carbocycles. The average molecular weight is 533 g/mol. The molecule has 2 aliphatic rings. The third-order valence-electron chi connectivity index (χ3n) is 8.27. The normalized spacial score (nSPS) is 24.7. The first-order valence-electron chi connectivity index (χ1n) is 13.3. The van der Waals surface area contributed by atoms with E-state index in [4.69, 9.17) is 4.74 Å². The first kappa shape index (κ1) is 27.6. The van der Waals surface area contributed by atoms with Crippen LogP contribution in [-0.2, 0) is 19.6 Å². The Balaban J connectivity index is 1.55. The number of methoxy groups -OCH3 is 1. The van der Waals surface area contributed by atoms with Crippen LogP contribution in [-0.4, -0.2) is 73.7 Å². The lowest BCUT2D eigenvalue weighted by Crippen LogP contribution is -2.53. The highest BCUT2D eigenvalue weighted by atomic mass is 32.2. The maximum atomic E-state index is 13.5. The van der Waals surface area contributed by atoms with E-state index in [0.717, 1.165) is 29.4 Å². The zero-order valence-electron chi connectivity index (χ0n) is 22.5. The second-order valence-corrected chi connectivity index (χ2v) is 12.7. The second-order valence-electron chi connectivity index (χ2n) is 10.5. The fourth-order valence-corrected chi connectivity index (χ4v) is 7.23. The molecule has 2 aromatic rings. The third kappa shape index (κ3) is 5.42. The molecule has 1 aromatic heterocycles. The fraction of sp³-hybridized carbons (Fsp3) is 0.630. The summed E-state index contributed by atoms with van der Waals surface area (Å²) in [6.45, 7) is 9.02. The van der Waals surface area contributed by atoms with Gasteiger partial charge in [0.2, 0.25) is 15.9 Å². The lowest BCUT2D eigenvalue weighted by atomic mass is 9.90. The molecule has 4 atom stereocenters. The number of hydrogen-bond donors (Lipinski definition) is 2. The van der Waals surface area contributed by atoms with Gasteiger partial charge in [0.1, 0.15) is 0 Å². The first-order chi connectivity index (χ1) is 17.6. The molecule has 2 amide bonds. The predicted molar refractivity (Wildman–Crippen MR) is 144 cm³/mol. The van der Waals surface area contributed by atoms with E-state index in [-0.39, 0.29) is 42.3 Å². The van der Waals surface area contributed by atoms with Gasteiger partial charge >= 0.3 is 0 Å². The van der Waals surface area contributed by atoms with Crippen LogP contribution in [0.25, 0.3) is 10.9 Å². The van der Waals surface area contributed by atoms with Crippen molar-refractivity contribution in [1.29, 1.82) is 0 Å². The quantitative estimate of drug-likeness (QED) is 0.543. The summed E-state index contributed by atoms with van der Waals surface area (Å²) in [5, 5.41) is 6.83. The molecule has 0 radical (unpaired) electrons. The van der Waals surface area contributed by atoms with E-state index in [1.165, 1.54) is 0 Å². The Morgan fingerprint density at radius 3 is 2.57 bits per heavy atom. The number of carbonyl (C=O) groups excluding carboxylic acids is 2. The number of para-hydroxylation sites is 1. The van der Waals surface area contributed by atoms with Crippen LogP contribution < -0.4 is 10.6 Å². The summed E-state index contributed by atoms with van der Waals surface area (Å²) in [5.74, 6) is -0.328. The van der Waals surface area contributed by atoms with Crippen LogP contribution in [0, 0.1) is 18.8 Å². The molecule has 4 unspecified atom stereocenters. The van der Waals surface area contributed by atoms with Crippen molar-refractivity contribution in [3.63, 3.8) is 0 Å². The molecular weight excluding hydrogens is 492 g/mol. The van der Waals surface area contributed by atoms with Crippen LogP contribution in [0.2, 0.25) is 0 Å². The van der Waals surface area contributed by atoms with Gasteiger partial charge in [-0.15, -0.1) is 0 Å². The number of benzene rings is 1. The number of sulfonamides is 1. The SMILES string of the molecule is CCS(=O)(=O)N1CCC(C(C)n2c(C)c(C(=O)NCC3C(=O)NC(C)CC3OC)c3ccccc32)CC1. The van der Waals surface area contributed by atoms with Crippen molar-refractivity contribution in [2.24, 2.45) is 11.8 Å². The molecule has 4 rings (SSSR count). The summed E-state index contributed by atoms with van der Waals surface area (Å²) >= 11 is 0. The van der Waals surface area contributed by atoms with E-state index < -0.39 is 15.9 Å². The lowest BCUT2D eigenvalue weighted by Gasteiger charge is -2.35. The van der Waals surface area contributed by atoms with Crippen molar-refractivity contribution >= 4 is 32.7 Å². The topological polar surface area (TPSA) is 110 Å². The average Bonchev–Trinajstić information content (AvgIpc) is 3.18. The van der Waals surface area contributed by atoms with Crippen LogP contribution in [0.15, 0.2) is 24.3 Å². The molecule has 1 aromatic carbocycles. The summed E-state index contributed by atoms with van der Waals surface area (Å²) in [5.41, 5.74) is 2.48. The summed E-state index contributed by atoms with van der Waals surface area (Å²) < 4.78 is 34.0. The van der Waals surface area contributed by atoms with Gasteiger partial charge in [0, 0.05) is 55.4 Å². The van der Waals surface area contributed by atoms with Gasteiger partial charge in [-0.25, -0.2) is 12.7 Å². The number of nitrogens with zero attached hydrogens (tertiary/aromatic N) is 2. The largest absolute Gasteiger partial charge is 0.380 e. The highest BCUT2D eigenvalue weighted by Crippen LogP contribution is 2.36. The molecule has 37 heavy (non-hydrogen) atoms. The van der Waals surface area contributed by atoms with E-state index in [2.05, 4.69) is 22.1 Å². The Morgan fingerprint density at radius 1 is 1.24 bits per heavy atom. The lowest BCUT2D eigenvalue weighted by molar-refractivity contribution is -0.134. The maximum Gasteiger partial charge on any atom is 0.253 e. The summed E-state index contributed by atoms with van der Waals surface area (Å²) in [4.78, 5) is 26.1. The van der Waals surface area contributed by atoms with Crippen LogP contribution in [0.5, 0.6) is 0 Å². The maximum absolute atomic E-state index is 13.5. The van der Waals surface area contributed by atoms with Crippen molar-refractivity contribution in [1.82, 2.24) is 19.5 Å². The molecule has 2 aliphatic heterocycles. The van der Waals surface area contributed by atoms with Gasteiger partial charge in [-0.05, 0) is 58.9 Å². The van der Waals surface area contributed by atoms with Crippen molar-refractivity contribution in [3.8, 4) is 0 Å². The summed E-state index contributed by atoms with van der Waals surface area (Å²) in [6.07, 6.45) is 2.02. The molecule has 0 bridgehead atoms. The molecular formula is C27H40N4O5S. The van der Waals surface area contributed by atoms with Gasteiger partial charge in [0.15, 0.2) is 0 Å². The number of ether oxygens (including phenoxy) is 1. The van der Waals surface area contributed by atoms with E-state index in [1.807, 2.05) is 38.1 Å². The summed E-state index contributed by atoms with van der Waals surface area (Å²) in [7, 11) is -1.57. The van der Waals surface area contributed by atoms with Gasteiger partial charge in [-0.1, -0.05) is 18.2 Å². The van der Waals surface area contributed by atoms with Crippen LogP contribution in [0.3, 0.4) is 0 Å². The number of rotatable bonds is 8. The van der Waals surface area contributed by atoms with Gasteiger partial charge in [0.25, 0.3) is 5.91 Å². The first-order valence-corrected chi connectivity index (χ1v) is 14.9. The Labute approximate surface area is 220 Å². The Morgan fingerprint density at radius 2 is 1.92 bits per heavy atom. The number of aromatic nitrogens is 1. The molecule has 0 spiro atoms. The predicted octanol–water partition coefficient (Wildman–Crippen LogP) is 2.84. The Hall–Kier alpha value is -2.43.